The molecular formula is C12H12BrClFNO. The number of amides is 1. The molecule has 2 rings (SSSR count). The summed E-state index contributed by atoms with van der Waals surface area (Å²) in [6, 6.07) is 4.67. The molecule has 1 saturated carbocycles. The van der Waals surface area contributed by atoms with Gasteiger partial charge in [-0.05, 0) is 40.9 Å². The van der Waals surface area contributed by atoms with Gasteiger partial charge in [-0.3, -0.25) is 4.79 Å². The van der Waals surface area contributed by atoms with Crippen LogP contribution >= 0.6 is 27.5 Å². The standard InChI is InChI=1S/C12H12BrClFNO/c13-9-3-1-2-8(10(9)15)11(17)16-7-12(6-14)4-5-12/h1-3H,4-7H2,(H,16,17). The average Bonchev–Trinajstić information content (AvgIpc) is 3.10. The van der Waals surface area contributed by atoms with Gasteiger partial charge < -0.3 is 5.32 Å². The van der Waals surface area contributed by atoms with Crippen molar-refractivity contribution in [3.63, 3.8) is 0 Å². The molecule has 1 fully saturated rings. The normalized spacial score (nSPS) is 16.6. The van der Waals surface area contributed by atoms with Crippen molar-refractivity contribution >= 4 is 33.4 Å². The molecule has 0 aromatic heterocycles. The highest BCUT2D eigenvalue weighted by atomic mass is 79.9. The molecule has 0 bridgehead atoms. The lowest BCUT2D eigenvalue weighted by Crippen LogP contribution is -2.31. The Hall–Kier alpha value is -0.610. The van der Waals surface area contributed by atoms with Gasteiger partial charge in [0.2, 0.25) is 0 Å². The van der Waals surface area contributed by atoms with Gasteiger partial charge in [-0.25, -0.2) is 4.39 Å². The van der Waals surface area contributed by atoms with Crippen molar-refractivity contribution in [1.29, 1.82) is 0 Å². The van der Waals surface area contributed by atoms with E-state index in [0.29, 0.717) is 16.9 Å². The van der Waals surface area contributed by atoms with Crippen molar-refractivity contribution in [2.24, 2.45) is 5.41 Å². The van der Waals surface area contributed by atoms with E-state index in [4.69, 9.17) is 11.6 Å². The van der Waals surface area contributed by atoms with Gasteiger partial charge in [0, 0.05) is 17.8 Å². The van der Waals surface area contributed by atoms with E-state index >= 15 is 0 Å². The van der Waals surface area contributed by atoms with Gasteiger partial charge in [0.05, 0.1) is 10.0 Å². The summed E-state index contributed by atoms with van der Waals surface area (Å²) in [7, 11) is 0. The van der Waals surface area contributed by atoms with Crippen LogP contribution in [0.25, 0.3) is 0 Å². The summed E-state index contributed by atoms with van der Waals surface area (Å²) in [4.78, 5) is 11.8. The molecular weight excluding hydrogens is 308 g/mol. The highest BCUT2D eigenvalue weighted by molar-refractivity contribution is 9.10. The summed E-state index contributed by atoms with van der Waals surface area (Å²) in [5.41, 5.74) is 0.101. The third-order valence-corrected chi connectivity index (χ3v) is 4.24. The molecule has 1 amide bonds. The van der Waals surface area contributed by atoms with Crippen LogP contribution in [0.3, 0.4) is 0 Å². The van der Waals surface area contributed by atoms with Crippen LogP contribution in [-0.4, -0.2) is 18.3 Å². The molecule has 0 unspecified atom stereocenters. The summed E-state index contributed by atoms with van der Waals surface area (Å²) in [6.45, 7) is 0.515. The first kappa shape index (κ1) is 12.8. The zero-order valence-electron chi connectivity index (χ0n) is 9.10. The summed E-state index contributed by atoms with van der Waals surface area (Å²) in [5, 5.41) is 2.74. The molecule has 5 heteroatoms. The maximum absolute atomic E-state index is 13.6. The van der Waals surface area contributed by atoms with E-state index in [-0.39, 0.29) is 16.9 Å². The zero-order valence-corrected chi connectivity index (χ0v) is 11.4. The van der Waals surface area contributed by atoms with Crippen molar-refractivity contribution < 1.29 is 9.18 Å². The smallest absolute Gasteiger partial charge is 0.254 e. The third-order valence-electron chi connectivity index (χ3n) is 3.06. The highest BCUT2D eigenvalue weighted by Gasteiger charge is 2.41. The van der Waals surface area contributed by atoms with E-state index in [1.165, 1.54) is 6.07 Å². The first-order chi connectivity index (χ1) is 8.08. The second kappa shape index (κ2) is 4.94. The summed E-state index contributed by atoms with van der Waals surface area (Å²) >= 11 is 8.86. The zero-order chi connectivity index (χ0) is 12.5. The molecule has 17 heavy (non-hydrogen) atoms. The number of hydrogen-bond donors (Lipinski definition) is 1. The minimum atomic E-state index is -0.527. The Kier molecular flexibility index (Phi) is 3.73. The van der Waals surface area contributed by atoms with Gasteiger partial charge in [-0.15, -0.1) is 11.6 Å². The Balaban J connectivity index is 2.02. The predicted octanol–water partition coefficient (Wildman–Crippen LogP) is 3.34. The number of halogens is 3. The lowest BCUT2D eigenvalue weighted by atomic mass is 10.1. The number of alkyl halides is 1. The topological polar surface area (TPSA) is 29.1 Å². The number of carbonyl (C=O) groups excluding carboxylic acids is 1. The molecule has 0 radical (unpaired) electrons. The van der Waals surface area contributed by atoms with Crippen molar-refractivity contribution in [2.45, 2.75) is 12.8 Å². The van der Waals surface area contributed by atoms with E-state index < -0.39 is 5.82 Å². The molecule has 1 aliphatic rings. The lowest BCUT2D eigenvalue weighted by molar-refractivity contribution is 0.0942. The first-order valence-corrected chi connectivity index (χ1v) is 6.69. The van der Waals surface area contributed by atoms with Gasteiger partial charge in [0.25, 0.3) is 5.91 Å². The third kappa shape index (κ3) is 2.80. The van der Waals surface area contributed by atoms with Crippen LogP contribution in [0.5, 0.6) is 0 Å². The highest BCUT2D eigenvalue weighted by Crippen LogP contribution is 2.45. The minimum Gasteiger partial charge on any atom is -0.351 e. The van der Waals surface area contributed by atoms with Crippen LogP contribution < -0.4 is 5.32 Å². The van der Waals surface area contributed by atoms with Crippen LogP contribution in [0.2, 0.25) is 0 Å². The number of nitrogens with one attached hydrogen (secondary N) is 1. The molecule has 0 aliphatic heterocycles. The second-order valence-electron chi connectivity index (χ2n) is 4.42. The second-order valence-corrected chi connectivity index (χ2v) is 5.54. The summed E-state index contributed by atoms with van der Waals surface area (Å²) < 4.78 is 13.9. The first-order valence-electron chi connectivity index (χ1n) is 5.36. The van der Waals surface area contributed by atoms with Gasteiger partial charge in [0.1, 0.15) is 5.82 Å². The van der Waals surface area contributed by atoms with Crippen LogP contribution in [0, 0.1) is 11.2 Å². The lowest BCUT2D eigenvalue weighted by Gasteiger charge is -2.12. The van der Waals surface area contributed by atoms with Crippen molar-refractivity contribution in [2.75, 3.05) is 12.4 Å². The molecule has 0 spiro atoms. The Bertz CT molecular complexity index is 448. The quantitative estimate of drug-likeness (QED) is 0.847. The van der Waals surface area contributed by atoms with Gasteiger partial charge in [-0.2, -0.15) is 0 Å². The fourth-order valence-electron chi connectivity index (χ4n) is 1.58. The maximum Gasteiger partial charge on any atom is 0.254 e. The Labute approximate surface area is 113 Å². The van der Waals surface area contributed by atoms with E-state index in [1.54, 1.807) is 12.1 Å². The van der Waals surface area contributed by atoms with Gasteiger partial charge >= 0.3 is 0 Å². The fraction of sp³-hybridized carbons (Fsp3) is 0.417. The SMILES string of the molecule is O=C(NCC1(CCl)CC1)c1cccc(Br)c1F. The molecule has 0 saturated heterocycles. The number of hydrogen-bond acceptors (Lipinski definition) is 1. The van der Waals surface area contributed by atoms with E-state index in [1.807, 2.05) is 0 Å². The van der Waals surface area contributed by atoms with Crippen molar-refractivity contribution in [1.82, 2.24) is 5.32 Å². The molecule has 0 atom stereocenters. The minimum absolute atomic E-state index is 0.0414. The van der Waals surface area contributed by atoms with E-state index in [9.17, 15) is 9.18 Å². The Morgan fingerprint density at radius 2 is 2.24 bits per heavy atom. The summed E-state index contributed by atoms with van der Waals surface area (Å²) in [5.74, 6) is -0.380. The van der Waals surface area contributed by atoms with E-state index in [0.717, 1.165) is 12.8 Å². The predicted molar refractivity (Wildman–Crippen MR) is 68.8 cm³/mol. The van der Waals surface area contributed by atoms with Gasteiger partial charge in [0.15, 0.2) is 0 Å². The molecule has 2 nitrogen and oxygen atoms in total. The monoisotopic (exact) mass is 319 g/mol. The Morgan fingerprint density at radius 3 is 2.82 bits per heavy atom. The average molecular weight is 321 g/mol. The number of carbonyl (C=O) groups is 1. The van der Waals surface area contributed by atoms with Crippen LogP contribution in [0.4, 0.5) is 4.39 Å². The molecule has 1 aromatic carbocycles. The number of benzene rings is 1. The van der Waals surface area contributed by atoms with Gasteiger partial charge in [-0.1, -0.05) is 6.07 Å². The summed E-state index contributed by atoms with van der Waals surface area (Å²) in [6.07, 6.45) is 2.05. The molecule has 1 aliphatic carbocycles. The van der Waals surface area contributed by atoms with Crippen molar-refractivity contribution in [3.8, 4) is 0 Å². The maximum atomic E-state index is 13.6. The van der Waals surface area contributed by atoms with Crippen LogP contribution in [-0.2, 0) is 0 Å². The fourth-order valence-corrected chi connectivity index (χ4v) is 2.30. The number of rotatable bonds is 4. The van der Waals surface area contributed by atoms with E-state index in [2.05, 4.69) is 21.2 Å². The molecule has 1 aromatic rings. The van der Waals surface area contributed by atoms with Crippen LogP contribution in [0.1, 0.15) is 23.2 Å². The molecule has 92 valence electrons. The molecule has 0 heterocycles. The van der Waals surface area contributed by atoms with Crippen molar-refractivity contribution in [3.05, 3.63) is 34.1 Å². The Morgan fingerprint density at radius 1 is 1.53 bits per heavy atom. The molecule has 1 N–H and O–H groups in total. The largest absolute Gasteiger partial charge is 0.351 e. The van der Waals surface area contributed by atoms with Crippen LogP contribution in [0.15, 0.2) is 22.7 Å².